The maximum Gasteiger partial charge on any atom is 0.313 e. The number of likely N-dealkylation sites (tertiary alicyclic amines) is 1. The van der Waals surface area contributed by atoms with Gasteiger partial charge in [0.05, 0.1) is 18.6 Å². The Balaban J connectivity index is 1.28. The number of nitrogens with zero attached hydrogens (tertiary/aromatic N) is 1. The van der Waals surface area contributed by atoms with Gasteiger partial charge in [0.1, 0.15) is 18.1 Å². The van der Waals surface area contributed by atoms with E-state index in [4.69, 9.17) is 9.47 Å². The van der Waals surface area contributed by atoms with E-state index in [0.29, 0.717) is 13.1 Å². The van der Waals surface area contributed by atoms with Crippen LogP contribution in [0.1, 0.15) is 11.1 Å². The molecule has 29 heavy (non-hydrogen) atoms. The molecule has 2 bridgehead atoms. The molecule has 5 nitrogen and oxygen atoms in total. The lowest BCUT2D eigenvalue weighted by Crippen LogP contribution is -2.40. The molecule has 0 radical (unpaired) electrons. The third-order valence-corrected chi connectivity index (χ3v) is 6.19. The summed E-state index contributed by atoms with van der Waals surface area (Å²) in [4.78, 5) is 27.9. The highest BCUT2D eigenvalue weighted by Gasteiger charge is 2.67. The Bertz CT molecular complexity index is 942. The lowest BCUT2D eigenvalue weighted by Gasteiger charge is -2.22. The van der Waals surface area contributed by atoms with Crippen molar-refractivity contribution in [2.75, 3.05) is 13.1 Å². The average molecular weight is 389 g/mol. The van der Waals surface area contributed by atoms with Gasteiger partial charge in [-0.25, -0.2) is 0 Å². The van der Waals surface area contributed by atoms with Crippen LogP contribution in [0.15, 0.2) is 72.8 Å². The molecular formula is C24H23NO4. The minimum absolute atomic E-state index is 0.00515. The summed E-state index contributed by atoms with van der Waals surface area (Å²) in [6.07, 6.45) is 4.30. The molecule has 2 aromatic rings. The second-order valence-corrected chi connectivity index (χ2v) is 7.99. The molecule has 4 atom stereocenters. The number of hydrogen-bond donors (Lipinski definition) is 0. The molecule has 2 aromatic carbocycles. The van der Waals surface area contributed by atoms with Gasteiger partial charge in [0, 0.05) is 6.54 Å². The maximum absolute atomic E-state index is 13.2. The Morgan fingerprint density at radius 1 is 1.07 bits per heavy atom. The normalized spacial score (nSPS) is 29.3. The van der Waals surface area contributed by atoms with Crippen LogP contribution in [0, 0.1) is 11.8 Å². The maximum atomic E-state index is 13.2. The number of benzene rings is 2. The number of esters is 1. The van der Waals surface area contributed by atoms with Crippen LogP contribution in [0.3, 0.4) is 0 Å². The molecule has 0 aliphatic carbocycles. The van der Waals surface area contributed by atoms with Crippen molar-refractivity contribution in [2.45, 2.75) is 24.7 Å². The van der Waals surface area contributed by atoms with E-state index in [1.165, 1.54) is 5.56 Å². The lowest BCUT2D eigenvalue weighted by molar-refractivity contribution is -0.155. The molecule has 3 aliphatic rings. The summed E-state index contributed by atoms with van der Waals surface area (Å²) in [6.45, 7) is 1.33. The van der Waals surface area contributed by atoms with Crippen molar-refractivity contribution in [1.82, 2.24) is 4.90 Å². The highest BCUT2D eigenvalue weighted by Crippen LogP contribution is 2.52. The van der Waals surface area contributed by atoms with Gasteiger partial charge < -0.3 is 14.4 Å². The number of hydrogen-bond acceptors (Lipinski definition) is 4. The molecule has 5 rings (SSSR count). The molecule has 1 spiro atoms. The van der Waals surface area contributed by atoms with Crippen LogP contribution in [0.5, 0.6) is 0 Å². The quantitative estimate of drug-likeness (QED) is 0.563. The van der Waals surface area contributed by atoms with Crippen LogP contribution in [-0.2, 0) is 32.1 Å². The van der Waals surface area contributed by atoms with E-state index >= 15 is 0 Å². The van der Waals surface area contributed by atoms with Crippen LogP contribution in [-0.4, -0.2) is 41.6 Å². The van der Waals surface area contributed by atoms with Crippen LogP contribution < -0.4 is 0 Å². The van der Waals surface area contributed by atoms with E-state index in [9.17, 15) is 9.59 Å². The van der Waals surface area contributed by atoms with E-state index in [-0.39, 0.29) is 24.6 Å². The molecule has 3 aliphatic heterocycles. The van der Waals surface area contributed by atoms with Gasteiger partial charge in [-0.15, -0.1) is 0 Å². The van der Waals surface area contributed by atoms with Gasteiger partial charge in [0.2, 0.25) is 5.91 Å². The first-order valence-corrected chi connectivity index (χ1v) is 10.1. The van der Waals surface area contributed by atoms with Crippen molar-refractivity contribution in [1.29, 1.82) is 0 Å². The molecule has 148 valence electrons. The fourth-order valence-electron chi connectivity index (χ4n) is 4.77. The molecule has 2 saturated heterocycles. The van der Waals surface area contributed by atoms with Crippen LogP contribution in [0.2, 0.25) is 0 Å². The second-order valence-electron chi connectivity index (χ2n) is 7.99. The van der Waals surface area contributed by atoms with Gasteiger partial charge in [-0.05, 0) is 17.5 Å². The van der Waals surface area contributed by atoms with Crippen molar-refractivity contribution in [3.63, 3.8) is 0 Å². The standard InChI is InChI=1S/C24H23NO4/c26-22-21-20(23(27)28-15-18-9-5-2-6-10-18)19-11-13-24(21,29-19)16-25(22)14-12-17-7-3-1-4-8-17/h1-11,13,19-21H,12,14-16H2/t19-,20+,21-,24+/m1/s1. The van der Waals surface area contributed by atoms with Crippen molar-refractivity contribution in [3.8, 4) is 0 Å². The summed E-state index contributed by atoms with van der Waals surface area (Å²) < 4.78 is 11.7. The molecular weight excluding hydrogens is 366 g/mol. The Kier molecular flexibility index (Phi) is 4.47. The highest BCUT2D eigenvalue weighted by atomic mass is 16.6. The molecule has 0 N–H and O–H groups in total. The van der Waals surface area contributed by atoms with Crippen molar-refractivity contribution in [2.24, 2.45) is 11.8 Å². The van der Waals surface area contributed by atoms with Crippen LogP contribution >= 0.6 is 0 Å². The van der Waals surface area contributed by atoms with Gasteiger partial charge in [-0.1, -0.05) is 72.8 Å². The van der Waals surface area contributed by atoms with Crippen molar-refractivity contribution in [3.05, 3.63) is 83.9 Å². The first kappa shape index (κ1) is 18.1. The average Bonchev–Trinajstić information content (AvgIpc) is 3.40. The topological polar surface area (TPSA) is 55.8 Å². The zero-order valence-electron chi connectivity index (χ0n) is 16.1. The first-order valence-electron chi connectivity index (χ1n) is 10.1. The van der Waals surface area contributed by atoms with E-state index in [1.54, 1.807) is 0 Å². The predicted octanol–water partition coefficient (Wildman–Crippen LogP) is 2.75. The summed E-state index contributed by atoms with van der Waals surface area (Å²) >= 11 is 0. The van der Waals surface area contributed by atoms with Gasteiger partial charge in [-0.2, -0.15) is 0 Å². The molecule has 0 saturated carbocycles. The van der Waals surface area contributed by atoms with Crippen molar-refractivity contribution < 1.29 is 19.1 Å². The zero-order valence-corrected chi connectivity index (χ0v) is 16.1. The Hall–Kier alpha value is -2.92. The molecule has 5 heteroatoms. The molecule has 0 unspecified atom stereocenters. The van der Waals surface area contributed by atoms with E-state index in [2.05, 4.69) is 12.1 Å². The van der Waals surface area contributed by atoms with Crippen LogP contribution in [0.25, 0.3) is 0 Å². The Morgan fingerprint density at radius 3 is 2.48 bits per heavy atom. The minimum Gasteiger partial charge on any atom is -0.460 e. The number of ether oxygens (including phenoxy) is 2. The number of carbonyl (C=O) groups excluding carboxylic acids is 2. The molecule has 1 amide bonds. The molecule has 2 fully saturated rings. The third kappa shape index (κ3) is 3.15. The number of amides is 1. The van der Waals surface area contributed by atoms with Gasteiger partial charge in [0.15, 0.2) is 0 Å². The minimum atomic E-state index is -0.686. The Morgan fingerprint density at radius 2 is 1.76 bits per heavy atom. The highest BCUT2D eigenvalue weighted by molar-refractivity contribution is 5.91. The monoisotopic (exact) mass is 389 g/mol. The Labute approximate surface area is 169 Å². The fourth-order valence-corrected chi connectivity index (χ4v) is 4.77. The van der Waals surface area contributed by atoms with Gasteiger partial charge in [-0.3, -0.25) is 9.59 Å². The molecule has 0 aromatic heterocycles. The largest absolute Gasteiger partial charge is 0.460 e. The van der Waals surface area contributed by atoms with E-state index < -0.39 is 17.4 Å². The van der Waals surface area contributed by atoms with Crippen molar-refractivity contribution >= 4 is 11.9 Å². The summed E-state index contributed by atoms with van der Waals surface area (Å²) in [5.41, 5.74) is 1.43. The van der Waals surface area contributed by atoms with E-state index in [1.807, 2.05) is 65.6 Å². The second kappa shape index (κ2) is 7.16. The third-order valence-electron chi connectivity index (χ3n) is 6.19. The fraction of sp³-hybridized carbons (Fsp3) is 0.333. The zero-order chi connectivity index (χ0) is 19.8. The van der Waals surface area contributed by atoms with E-state index in [0.717, 1.165) is 12.0 Å². The summed E-state index contributed by atoms with van der Waals surface area (Å²) in [5, 5.41) is 0. The predicted molar refractivity (Wildman–Crippen MR) is 107 cm³/mol. The number of fused-ring (bicyclic) bond motifs is 1. The van der Waals surface area contributed by atoms with Gasteiger partial charge >= 0.3 is 5.97 Å². The number of rotatable bonds is 6. The van der Waals surface area contributed by atoms with Crippen LogP contribution in [0.4, 0.5) is 0 Å². The summed E-state index contributed by atoms with van der Waals surface area (Å²) in [5.74, 6) is -1.42. The summed E-state index contributed by atoms with van der Waals surface area (Å²) in [7, 11) is 0. The molecule has 3 heterocycles. The summed E-state index contributed by atoms with van der Waals surface area (Å²) in [6, 6.07) is 19.7. The smallest absolute Gasteiger partial charge is 0.313 e. The number of carbonyl (C=O) groups is 2. The van der Waals surface area contributed by atoms with Gasteiger partial charge in [0.25, 0.3) is 0 Å². The SMILES string of the molecule is O=C(OCc1ccccc1)[C@H]1[C@H]2C=C[C@@]3(CN(CCc4ccccc4)C(=O)[C@@H]13)O2. The lowest BCUT2D eigenvalue weighted by atomic mass is 9.77. The first-order chi connectivity index (χ1) is 14.2.